The summed E-state index contributed by atoms with van der Waals surface area (Å²) in [6.07, 6.45) is 7.33. The lowest BCUT2D eigenvalue weighted by molar-refractivity contribution is 0.660. The van der Waals surface area contributed by atoms with Crippen LogP contribution in [0.25, 0.3) is 224 Å². The van der Waals surface area contributed by atoms with Crippen LogP contribution in [-0.2, 0) is 16.2 Å². The molecule has 0 amide bonds. The summed E-state index contributed by atoms with van der Waals surface area (Å²) in [7, 11) is 0. The van der Waals surface area contributed by atoms with Gasteiger partial charge >= 0.3 is 0 Å². The topological polar surface area (TPSA) is 116 Å². The Hall–Kier alpha value is -18.1. The number of aromatic nitrogens is 9. The standard InChI is InChI=1S/2C46H33N3.C42H31N3/c1-46(2)38-19-11-18-37(43(38)44-36-17-10-9-12-30(36)24-26-39(44)46)31-20-22-34(23-21-31)42-28-41(33-15-7-4-8-16-33)48-45(49-42)35-25-27-40(47-29-35)32-13-5-3-6-14-32;1-46(2)39-16-10-15-36(43(39)38-27-26-30-11-6-7-14-37(30)44(38)46)31-18-20-34(21-19-31)42-29-41(32-12-4-3-5-13-32)48-45(49-42)35-24-22-33(23-25-35)40-17-8-9-28-47-40;1-42(2)37-14-7-6-13-35(37)36-20-19-33(26-38(36)42)32-11-8-12-34(25-32)40-27-39(30-9-4-3-5-10-30)44-41(45-40)31-17-15-28(16-18-31)29-21-23-43-24-22-29/h2*3-29H,1-2H3;3-27H,1-2H3. The van der Waals surface area contributed by atoms with Crippen molar-refractivity contribution in [1.29, 1.82) is 0 Å². The molecule has 17 aromatic carbocycles. The van der Waals surface area contributed by atoms with Gasteiger partial charge in [-0.25, -0.2) is 29.9 Å². The van der Waals surface area contributed by atoms with Gasteiger partial charge in [-0.1, -0.05) is 430 Å². The average Bonchev–Trinajstić information content (AvgIpc) is 1.21. The second-order valence-electron chi connectivity index (χ2n) is 38.7. The average molecular weight is 1830 g/mol. The van der Waals surface area contributed by atoms with Crippen molar-refractivity contribution in [3.8, 4) is 202 Å². The highest BCUT2D eigenvalue weighted by Crippen LogP contribution is 2.57. The number of hydrogen-bond acceptors (Lipinski definition) is 9. The molecule has 0 unspecified atom stereocenters. The number of hydrogen-bond donors (Lipinski definition) is 0. The third kappa shape index (κ3) is 16.5. The van der Waals surface area contributed by atoms with Gasteiger partial charge in [0.05, 0.1) is 45.6 Å². The smallest absolute Gasteiger partial charge is 0.161 e. The maximum absolute atomic E-state index is 5.12. The summed E-state index contributed by atoms with van der Waals surface area (Å²) in [5.41, 5.74) is 44.2. The summed E-state index contributed by atoms with van der Waals surface area (Å²) < 4.78 is 0. The molecule has 3 aliphatic rings. The predicted octanol–water partition coefficient (Wildman–Crippen LogP) is 33.8. The number of pyridine rings is 3. The number of nitrogens with zero attached hydrogens (tertiary/aromatic N) is 9. The van der Waals surface area contributed by atoms with Crippen LogP contribution in [0.3, 0.4) is 0 Å². The number of fused-ring (bicyclic) bond motifs is 13. The third-order valence-corrected chi connectivity index (χ3v) is 28.9. The van der Waals surface area contributed by atoms with E-state index in [1.165, 1.54) is 122 Å². The number of rotatable bonds is 15. The molecule has 9 heteroatoms. The second-order valence-corrected chi connectivity index (χ2v) is 38.7. The van der Waals surface area contributed by atoms with E-state index in [9.17, 15) is 0 Å². The zero-order valence-electron chi connectivity index (χ0n) is 80.1. The highest BCUT2D eigenvalue weighted by atomic mass is 14.9. The molecule has 0 saturated heterocycles. The quantitative estimate of drug-likeness (QED) is 0.0989. The van der Waals surface area contributed by atoms with Gasteiger partial charge in [0.1, 0.15) is 0 Å². The van der Waals surface area contributed by atoms with Crippen LogP contribution in [0.4, 0.5) is 0 Å². The van der Waals surface area contributed by atoms with Gasteiger partial charge < -0.3 is 0 Å². The molecule has 0 saturated carbocycles. The van der Waals surface area contributed by atoms with E-state index in [2.05, 4.69) is 409 Å². The van der Waals surface area contributed by atoms with E-state index < -0.39 is 0 Å². The zero-order chi connectivity index (χ0) is 96.3. The second kappa shape index (κ2) is 36.7. The van der Waals surface area contributed by atoms with E-state index in [1.54, 1.807) is 0 Å². The lowest BCUT2D eigenvalue weighted by Gasteiger charge is -2.23. The van der Waals surface area contributed by atoms with Crippen LogP contribution in [0.15, 0.2) is 480 Å². The van der Waals surface area contributed by atoms with Crippen LogP contribution in [-0.4, -0.2) is 44.9 Å². The van der Waals surface area contributed by atoms with Crippen molar-refractivity contribution < 1.29 is 0 Å². The van der Waals surface area contributed by atoms with Crippen LogP contribution in [0.5, 0.6) is 0 Å². The molecule has 0 N–H and O–H groups in total. The minimum absolute atomic E-state index is 0.0430. The van der Waals surface area contributed by atoms with Crippen LogP contribution in [0.1, 0.15) is 74.9 Å². The van der Waals surface area contributed by atoms with Crippen molar-refractivity contribution in [2.45, 2.75) is 57.8 Å². The lowest BCUT2D eigenvalue weighted by Crippen LogP contribution is -2.15. The Morgan fingerprint density at radius 3 is 1.08 bits per heavy atom. The molecule has 9 nitrogen and oxygen atoms in total. The van der Waals surface area contributed by atoms with E-state index in [1.807, 2.05) is 122 Å². The molecule has 0 fully saturated rings. The normalized spacial score (nSPS) is 12.9. The molecule has 23 aromatic rings. The Balaban J connectivity index is 0.000000116. The first-order chi connectivity index (χ1) is 70.1. The summed E-state index contributed by atoms with van der Waals surface area (Å²) in [6.45, 7) is 14.1. The van der Waals surface area contributed by atoms with E-state index >= 15 is 0 Å². The minimum Gasteiger partial charge on any atom is -0.265 e. The van der Waals surface area contributed by atoms with Crippen molar-refractivity contribution in [3.05, 3.63) is 513 Å². The molecular weight excluding hydrogens is 1740 g/mol. The summed E-state index contributed by atoms with van der Waals surface area (Å²) in [5, 5.41) is 5.21. The molecule has 6 heterocycles. The van der Waals surface area contributed by atoms with Crippen LogP contribution in [0.2, 0.25) is 0 Å². The van der Waals surface area contributed by atoms with E-state index in [0.29, 0.717) is 17.5 Å². The van der Waals surface area contributed by atoms with E-state index in [-0.39, 0.29) is 16.2 Å². The fraction of sp³-hybridized carbons (Fsp3) is 0.0672. The van der Waals surface area contributed by atoms with Gasteiger partial charge in [0.25, 0.3) is 0 Å². The molecule has 0 radical (unpaired) electrons. The van der Waals surface area contributed by atoms with Gasteiger partial charge in [-0.05, 0) is 200 Å². The highest BCUT2D eigenvalue weighted by molar-refractivity contribution is 6.07. The summed E-state index contributed by atoms with van der Waals surface area (Å²) in [6, 6.07) is 161. The van der Waals surface area contributed by atoms with Crippen LogP contribution < -0.4 is 0 Å². The van der Waals surface area contributed by atoms with E-state index in [0.717, 1.165) is 118 Å². The minimum atomic E-state index is -0.0948. The third-order valence-electron chi connectivity index (χ3n) is 28.9. The molecular formula is C134H97N9. The first kappa shape index (κ1) is 87.7. The highest BCUT2D eigenvalue weighted by Gasteiger charge is 2.41. The Bertz CT molecular complexity index is 8760. The largest absolute Gasteiger partial charge is 0.265 e. The SMILES string of the molecule is CC1(C)c2cccc(-c3ccc(-c4cc(-c5ccccc5)nc(-c5ccc(-c6ccccc6)nc5)n4)cc3)c2-c2c1ccc1ccccc21.CC1(C)c2cccc(-c3ccc(-c4cc(-c5ccccc5)nc(-c5ccc(-c6ccccn6)cc5)n4)cc3)c2-c2ccc3ccccc3c21.CC1(C)c2ccccc2-c2ccc(-c3cccc(-c4cc(-c5ccccc5)nc(-c5ccc(-c6ccncc6)cc5)n4)c3)cc21. The fourth-order valence-electron chi connectivity index (χ4n) is 21.5. The van der Waals surface area contributed by atoms with Crippen molar-refractivity contribution in [2.24, 2.45) is 0 Å². The van der Waals surface area contributed by atoms with Crippen LogP contribution >= 0.6 is 0 Å². The van der Waals surface area contributed by atoms with Gasteiger partial charge in [0, 0.05) is 102 Å². The molecule has 0 spiro atoms. The molecule has 6 aromatic heterocycles. The Morgan fingerprint density at radius 2 is 0.524 bits per heavy atom. The van der Waals surface area contributed by atoms with Gasteiger partial charge in [-0.15, -0.1) is 0 Å². The monoisotopic (exact) mass is 1830 g/mol. The van der Waals surface area contributed by atoms with Gasteiger partial charge in [0.2, 0.25) is 0 Å². The molecule has 0 bridgehead atoms. The van der Waals surface area contributed by atoms with Gasteiger partial charge in [0.15, 0.2) is 17.5 Å². The Labute approximate surface area is 833 Å². The number of benzene rings is 17. The van der Waals surface area contributed by atoms with Gasteiger partial charge in [-0.2, -0.15) is 0 Å². The molecule has 26 rings (SSSR count). The maximum atomic E-state index is 5.12. The van der Waals surface area contributed by atoms with Crippen molar-refractivity contribution in [2.75, 3.05) is 0 Å². The van der Waals surface area contributed by atoms with E-state index in [4.69, 9.17) is 34.9 Å². The molecule has 0 aliphatic heterocycles. The molecule has 143 heavy (non-hydrogen) atoms. The summed E-state index contributed by atoms with van der Waals surface area (Å²) in [5.74, 6) is 2.05. The lowest BCUT2D eigenvalue weighted by atomic mass is 9.80. The van der Waals surface area contributed by atoms with Crippen molar-refractivity contribution in [3.63, 3.8) is 0 Å². The molecule has 3 aliphatic carbocycles. The van der Waals surface area contributed by atoms with Crippen LogP contribution in [0, 0.1) is 0 Å². The summed E-state index contributed by atoms with van der Waals surface area (Å²) in [4.78, 5) is 43.8. The van der Waals surface area contributed by atoms with Crippen molar-refractivity contribution >= 4 is 21.5 Å². The van der Waals surface area contributed by atoms with Crippen molar-refractivity contribution in [1.82, 2.24) is 44.9 Å². The fourth-order valence-corrected chi connectivity index (χ4v) is 21.5. The first-order valence-electron chi connectivity index (χ1n) is 48.9. The zero-order valence-corrected chi connectivity index (χ0v) is 80.1. The van der Waals surface area contributed by atoms with Gasteiger partial charge in [-0.3, -0.25) is 15.0 Å². The summed E-state index contributed by atoms with van der Waals surface area (Å²) >= 11 is 0. The maximum Gasteiger partial charge on any atom is 0.161 e. The predicted molar refractivity (Wildman–Crippen MR) is 589 cm³/mol. The first-order valence-corrected chi connectivity index (χ1v) is 48.9. The molecule has 0 atom stereocenters. The molecule has 678 valence electrons. The Kier molecular flexibility index (Phi) is 22.5. The Morgan fingerprint density at radius 1 is 0.168 bits per heavy atom.